The van der Waals surface area contributed by atoms with E-state index in [1.807, 2.05) is 19.1 Å². The van der Waals surface area contributed by atoms with Crippen molar-refractivity contribution in [3.63, 3.8) is 0 Å². The predicted molar refractivity (Wildman–Crippen MR) is 60.9 cm³/mol. The summed E-state index contributed by atoms with van der Waals surface area (Å²) < 4.78 is 1.21. The van der Waals surface area contributed by atoms with Crippen molar-refractivity contribution in [3.05, 3.63) is 33.7 Å². The monoisotopic (exact) mass is 221 g/mol. The highest BCUT2D eigenvalue weighted by atomic mass is 35.5. The first-order valence-corrected chi connectivity index (χ1v) is 5.46. The minimum Gasteiger partial charge on any atom is -0.198 e. The molecule has 0 bridgehead atoms. The molecule has 14 heavy (non-hydrogen) atoms. The number of nitriles is 1. The number of benzene rings is 1. The molecule has 3 heteroatoms. The van der Waals surface area contributed by atoms with Crippen molar-refractivity contribution < 1.29 is 0 Å². The van der Waals surface area contributed by atoms with Crippen LogP contribution in [-0.4, -0.2) is 0 Å². The van der Waals surface area contributed by atoms with Crippen molar-refractivity contribution in [2.24, 2.45) is 0 Å². The highest BCUT2D eigenvalue weighted by Crippen LogP contribution is 2.31. The number of halogens is 1. The van der Waals surface area contributed by atoms with Gasteiger partial charge in [0.25, 0.3) is 0 Å². The molecule has 0 saturated heterocycles. The van der Waals surface area contributed by atoms with Crippen LogP contribution in [0.5, 0.6) is 0 Å². The molecule has 0 spiro atoms. The molecule has 0 N–H and O–H groups in total. The fourth-order valence-electron chi connectivity index (χ4n) is 1.44. The van der Waals surface area contributed by atoms with Gasteiger partial charge in [-0.05, 0) is 36.1 Å². The molecule has 1 aromatic heterocycles. The Labute approximate surface area is 91.5 Å². The van der Waals surface area contributed by atoms with Crippen LogP contribution in [0.3, 0.4) is 0 Å². The highest BCUT2D eigenvalue weighted by molar-refractivity contribution is 7.19. The Bertz CT molecular complexity index is 522. The van der Waals surface area contributed by atoms with Gasteiger partial charge in [0.1, 0.15) is 0 Å². The average molecular weight is 222 g/mol. The Morgan fingerprint density at radius 3 is 3.00 bits per heavy atom. The molecule has 0 saturated carbocycles. The molecular formula is C11H8ClNS. The van der Waals surface area contributed by atoms with E-state index in [9.17, 15) is 0 Å². The summed E-state index contributed by atoms with van der Waals surface area (Å²) in [6, 6.07) is 8.14. The average Bonchev–Trinajstić information content (AvgIpc) is 2.56. The number of hydrogen-bond donors (Lipinski definition) is 0. The van der Waals surface area contributed by atoms with E-state index in [0.717, 1.165) is 15.5 Å². The van der Waals surface area contributed by atoms with Crippen molar-refractivity contribution in [2.75, 3.05) is 0 Å². The van der Waals surface area contributed by atoms with Crippen LogP contribution in [0.15, 0.2) is 18.2 Å². The smallest absolute Gasteiger partial charge is 0.0696 e. The van der Waals surface area contributed by atoms with Gasteiger partial charge >= 0.3 is 0 Å². The third-order valence-electron chi connectivity index (χ3n) is 2.21. The first kappa shape index (κ1) is 9.51. The number of nitrogens with zero attached hydrogens (tertiary/aromatic N) is 1. The van der Waals surface area contributed by atoms with Gasteiger partial charge in [0, 0.05) is 14.6 Å². The van der Waals surface area contributed by atoms with Crippen LogP contribution in [0.25, 0.3) is 10.1 Å². The first-order chi connectivity index (χ1) is 6.72. The van der Waals surface area contributed by atoms with Crippen molar-refractivity contribution in [1.82, 2.24) is 0 Å². The maximum atomic E-state index is 8.60. The van der Waals surface area contributed by atoms with Crippen molar-refractivity contribution in [2.45, 2.75) is 13.3 Å². The number of hydrogen-bond acceptors (Lipinski definition) is 2. The molecule has 2 rings (SSSR count). The van der Waals surface area contributed by atoms with Crippen LogP contribution in [0.1, 0.15) is 10.4 Å². The molecule has 0 radical (unpaired) electrons. The van der Waals surface area contributed by atoms with Crippen LogP contribution in [0.4, 0.5) is 0 Å². The Morgan fingerprint density at radius 2 is 2.29 bits per heavy atom. The van der Waals surface area contributed by atoms with Gasteiger partial charge in [-0.3, -0.25) is 0 Å². The fraction of sp³-hybridized carbons (Fsp3) is 0.182. The Morgan fingerprint density at radius 1 is 1.50 bits per heavy atom. The van der Waals surface area contributed by atoms with Gasteiger partial charge < -0.3 is 0 Å². The summed E-state index contributed by atoms with van der Waals surface area (Å²) in [7, 11) is 0. The predicted octanol–water partition coefficient (Wildman–Crippen LogP) is 3.93. The Kier molecular flexibility index (Phi) is 2.45. The summed E-state index contributed by atoms with van der Waals surface area (Å²) in [6.45, 7) is 2.01. The molecule has 0 aliphatic heterocycles. The third-order valence-corrected chi connectivity index (χ3v) is 3.72. The zero-order chi connectivity index (χ0) is 10.1. The highest BCUT2D eigenvalue weighted by Gasteiger charge is 2.05. The second-order valence-electron chi connectivity index (χ2n) is 3.13. The third kappa shape index (κ3) is 1.50. The summed E-state index contributed by atoms with van der Waals surface area (Å²) in [4.78, 5) is 1.10. The van der Waals surface area contributed by atoms with Gasteiger partial charge in [0.15, 0.2) is 0 Å². The van der Waals surface area contributed by atoms with Crippen LogP contribution in [0.2, 0.25) is 5.02 Å². The van der Waals surface area contributed by atoms with Crippen molar-refractivity contribution >= 4 is 33.0 Å². The van der Waals surface area contributed by atoms with Gasteiger partial charge in [-0.25, -0.2) is 0 Å². The van der Waals surface area contributed by atoms with Crippen molar-refractivity contribution in [1.29, 1.82) is 5.26 Å². The molecule has 1 nitrogen and oxygen atoms in total. The van der Waals surface area contributed by atoms with Gasteiger partial charge in [-0.15, -0.1) is 11.3 Å². The van der Waals surface area contributed by atoms with Gasteiger partial charge in [0.2, 0.25) is 0 Å². The molecule has 0 fully saturated rings. The summed E-state index contributed by atoms with van der Waals surface area (Å²) in [5.41, 5.74) is 1.10. The fourth-order valence-corrected chi connectivity index (χ4v) is 2.66. The number of thiophene rings is 1. The lowest BCUT2D eigenvalue weighted by Crippen LogP contribution is -1.74. The topological polar surface area (TPSA) is 23.8 Å². The van der Waals surface area contributed by atoms with E-state index in [1.54, 1.807) is 11.3 Å². The summed E-state index contributed by atoms with van der Waals surface area (Å²) in [6.07, 6.45) is 0.483. The largest absolute Gasteiger partial charge is 0.198 e. The molecule has 1 aromatic carbocycles. The second-order valence-corrected chi connectivity index (χ2v) is 4.71. The SMILES string of the molecule is Cc1c(Cl)ccc2sc(CC#N)cc12. The number of aryl methyl sites for hydroxylation is 1. The van der Waals surface area contributed by atoms with Gasteiger partial charge in [-0.2, -0.15) is 5.26 Å². The lowest BCUT2D eigenvalue weighted by Gasteiger charge is -1.97. The molecular weight excluding hydrogens is 214 g/mol. The molecule has 70 valence electrons. The maximum Gasteiger partial charge on any atom is 0.0696 e. The minimum atomic E-state index is 0.483. The number of fused-ring (bicyclic) bond motifs is 1. The van der Waals surface area contributed by atoms with Crippen LogP contribution >= 0.6 is 22.9 Å². The molecule has 1 heterocycles. The van der Waals surface area contributed by atoms with E-state index in [2.05, 4.69) is 12.1 Å². The summed E-state index contributed by atoms with van der Waals surface area (Å²) in [5, 5.41) is 10.6. The van der Waals surface area contributed by atoms with E-state index in [1.165, 1.54) is 10.1 Å². The molecule has 0 atom stereocenters. The standard InChI is InChI=1S/C11H8ClNS/c1-7-9-6-8(4-5-13)14-11(9)3-2-10(7)12/h2-3,6H,4H2,1H3. The Hall–Kier alpha value is -1.04. The molecule has 0 aliphatic rings. The molecule has 0 unspecified atom stereocenters. The van der Waals surface area contributed by atoms with Crippen LogP contribution < -0.4 is 0 Å². The van der Waals surface area contributed by atoms with Crippen LogP contribution in [-0.2, 0) is 6.42 Å². The zero-order valence-electron chi connectivity index (χ0n) is 7.67. The molecule has 0 aliphatic carbocycles. The van der Waals surface area contributed by atoms with Crippen molar-refractivity contribution in [3.8, 4) is 6.07 Å². The lowest BCUT2D eigenvalue weighted by atomic mass is 10.1. The minimum absolute atomic E-state index is 0.483. The molecule has 0 amide bonds. The first-order valence-electron chi connectivity index (χ1n) is 4.27. The maximum absolute atomic E-state index is 8.60. The van der Waals surface area contributed by atoms with E-state index >= 15 is 0 Å². The quantitative estimate of drug-likeness (QED) is 0.716. The van der Waals surface area contributed by atoms with Gasteiger partial charge in [0.05, 0.1) is 12.5 Å². The zero-order valence-corrected chi connectivity index (χ0v) is 9.25. The molecule has 2 aromatic rings. The second kappa shape index (κ2) is 3.61. The van der Waals surface area contributed by atoms with Crippen LogP contribution in [0, 0.1) is 18.3 Å². The normalized spacial score (nSPS) is 10.4. The van der Waals surface area contributed by atoms with E-state index in [0.29, 0.717) is 6.42 Å². The Balaban J connectivity index is 2.66. The van der Waals surface area contributed by atoms with Gasteiger partial charge in [-0.1, -0.05) is 11.6 Å². The van der Waals surface area contributed by atoms with E-state index < -0.39 is 0 Å². The van der Waals surface area contributed by atoms with E-state index in [4.69, 9.17) is 16.9 Å². The summed E-state index contributed by atoms with van der Waals surface area (Å²) >= 11 is 7.68. The summed E-state index contributed by atoms with van der Waals surface area (Å²) in [5.74, 6) is 0. The van der Waals surface area contributed by atoms with E-state index in [-0.39, 0.29) is 0 Å². The number of rotatable bonds is 1. The lowest BCUT2D eigenvalue weighted by molar-refractivity contribution is 1.32.